The molecule has 7 heteroatoms. The van der Waals surface area contributed by atoms with Crippen molar-refractivity contribution in [3.63, 3.8) is 0 Å². The number of carbonyl (C=O) groups is 2. The monoisotopic (exact) mass is 611 g/mol. The van der Waals surface area contributed by atoms with Crippen molar-refractivity contribution in [3.05, 3.63) is 0 Å². The van der Waals surface area contributed by atoms with Crippen LogP contribution in [0.15, 0.2) is 0 Å². The highest BCUT2D eigenvalue weighted by atomic mass is 16.7. The van der Waals surface area contributed by atoms with Crippen LogP contribution in [0.25, 0.3) is 0 Å². The van der Waals surface area contributed by atoms with E-state index >= 15 is 0 Å². The molecule has 3 N–H and O–H groups in total. The molecule has 1 amide bonds. The van der Waals surface area contributed by atoms with Gasteiger partial charge in [-0.05, 0) is 57.9 Å². The fourth-order valence-electron chi connectivity index (χ4n) is 5.83. The molecule has 1 fully saturated rings. The largest absolute Gasteiger partial charge is 0.462 e. The van der Waals surface area contributed by atoms with E-state index in [1.807, 2.05) is 0 Å². The number of carbonyl (C=O) groups excluding carboxylic acids is 2. The molecule has 0 radical (unpaired) electrons. The van der Waals surface area contributed by atoms with Gasteiger partial charge >= 0.3 is 5.97 Å². The number of nitrogens with one attached hydrogen (secondary N) is 1. The van der Waals surface area contributed by atoms with Crippen molar-refractivity contribution in [2.75, 3.05) is 19.8 Å². The summed E-state index contributed by atoms with van der Waals surface area (Å²) in [5.74, 6) is -0.235. The molecular weight excluding hydrogens is 540 g/mol. The highest BCUT2D eigenvalue weighted by molar-refractivity contribution is 5.77. The SMILES string of the molecule is CCCCCCCCCCCC(=O)O[C@H](CCCCCCCCCCC)CC(=O)N[C@H](CCCN)COC1CCCCO1. The van der Waals surface area contributed by atoms with Crippen molar-refractivity contribution < 1.29 is 23.8 Å². The Hall–Kier alpha value is -1.18. The topological polar surface area (TPSA) is 99.9 Å². The summed E-state index contributed by atoms with van der Waals surface area (Å²) in [5, 5.41) is 3.15. The third-order valence-electron chi connectivity index (χ3n) is 8.57. The van der Waals surface area contributed by atoms with Crippen LogP contribution in [-0.4, -0.2) is 50.1 Å². The number of unbranched alkanes of at least 4 members (excludes halogenated alkanes) is 16. The van der Waals surface area contributed by atoms with Crippen molar-refractivity contribution >= 4 is 11.9 Å². The average Bonchev–Trinajstić information content (AvgIpc) is 3.01. The first-order valence-corrected chi connectivity index (χ1v) is 18.5. The molecule has 1 aliphatic heterocycles. The molecule has 1 unspecified atom stereocenters. The summed E-state index contributed by atoms with van der Waals surface area (Å²) in [4.78, 5) is 25.9. The summed E-state index contributed by atoms with van der Waals surface area (Å²) >= 11 is 0. The van der Waals surface area contributed by atoms with E-state index in [0.717, 1.165) is 70.8 Å². The van der Waals surface area contributed by atoms with E-state index in [1.54, 1.807) is 0 Å². The molecule has 1 heterocycles. The Morgan fingerprint density at radius 3 is 1.91 bits per heavy atom. The van der Waals surface area contributed by atoms with Crippen LogP contribution in [0, 0.1) is 0 Å². The van der Waals surface area contributed by atoms with Gasteiger partial charge in [0.1, 0.15) is 6.10 Å². The van der Waals surface area contributed by atoms with E-state index in [0.29, 0.717) is 19.6 Å². The Morgan fingerprint density at radius 1 is 0.767 bits per heavy atom. The van der Waals surface area contributed by atoms with Gasteiger partial charge in [0, 0.05) is 13.0 Å². The number of amides is 1. The third-order valence-corrected chi connectivity index (χ3v) is 8.57. The summed E-state index contributed by atoms with van der Waals surface area (Å²) in [5.41, 5.74) is 5.76. The van der Waals surface area contributed by atoms with Crippen LogP contribution in [-0.2, 0) is 23.8 Å². The van der Waals surface area contributed by atoms with Crippen LogP contribution in [0.4, 0.5) is 0 Å². The molecule has 1 rings (SSSR count). The lowest BCUT2D eigenvalue weighted by molar-refractivity contribution is -0.167. The van der Waals surface area contributed by atoms with E-state index in [1.165, 1.54) is 89.9 Å². The van der Waals surface area contributed by atoms with Crippen LogP contribution in [0.3, 0.4) is 0 Å². The predicted octanol–water partition coefficient (Wildman–Crippen LogP) is 8.90. The van der Waals surface area contributed by atoms with Gasteiger partial charge in [-0.2, -0.15) is 0 Å². The smallest absolute Gasteiger partial charge is 0.306 e. The Labute approximate surface area is 265 Å². The molecule has 43 heavy (non-hydrogen) atoms. The van der Waals surface area contributed by atoms with Gasteiger partial charge in [0.15, 0.2) is 6.29 Å². The van der Waals surface area contributed by atoms with Gasteiger partial charge in [0.05, 0.1) is 19.1 Å². The number of hydrogen-bond donors (Lipinski definition) is 2. The molecule has 0 saturated carbocycles. The highest BCUT2D eigenvalue weighted by Crippen LogP contribution is 2.18. The van der Waals surface area contributed by atoms with E-state index in [9.17, 15) is 9.59 Å². The van der Waals surface area contributed by atoms with E-state index < -0.39 is 0 Å². The Kier molecular flexibility index (Phi) is 27.4. The minimum Gasteiger partial charge on any atom is -0.462 e. The molecule has 7 nitrogen and oxygen atoms in total. The zero-order valence-corrected chi connectivity index (χ0v) is 28.4. The van der Waals surface area contributed by atoms with Crippen molar-refractivity contribution in [1.82, 2.24) is 5.32 Å². The number of esters is 1. The van der Waals surface area contributed by atoms with Crippen LogP contribution >= 0.6 is 0 Å². The molecule has 0 aromatic carbocycles. The zero-order valence-electron chi connectivity index (χ0n) is 28.4. The predicted molar refractivity (Wildman–Crippen MR) is 178 cm³/mol. The normalized spacial score (nSPS) is 16.6. The van der Waals surface area contributed by atoms with E-state index in [-0.39, 0.29) is 36.7 Å². The molecule has 254 valence electrons. The lowest BCUT2D eigenvalue weighted by Gasteiger charge is -2.26. The molecule has 0 spiro atoms. The molecule has 0 aromatic heterocycles. The van der Waals surface area contributed by atoms with Gasteiger partial charge in [0.25, 0.3) is 0 Å². The minimum atomic E-state index is -0.367. The first kappa shape index (κ1) is 39.8. The zero-order chi connectivity index (χ0) is 31.2. The first-order valence-electron chi connectivity index (χ1n) is 18.5. The average molecular weight is 611 g/mol. The second-order valence-corrected chi connectivity index (χ2v) is 12.8. The van der Waals surface area contributed by atoms with Gasteiger partial charge in [0.2, 0.25) is 5.91 Å². The third kappa shape index (κ3) is 24.8. The molecule has 0 aliphatic carbocycles. The Morgan fingerprint density at radius 2 is 1.35 bits per heavy atom. The number of rotatable bonds is 30. The molecule has 1 aliphatic rings. The summed E-state index contributed by atoms with van der Waals surface area (Å²) in [7, 11) is 0. The molecular formula is C36H70N2O5. The van der Waals surface area contributed by atoms with Crippen LogP contribution in [0.2, 0.25) is 0 Å². The van der Waals surface area contributed by atoms with Crippen molar-refractivity contribution in [2.24, 2.45) is 5.73 Å². The maximum Gasteiger partial charge on any atom is 0.306 e. The maximum atomic E-state index is 13.1. The molecule has 0 bridgehead atoms. The summed E-state index contributed by atoms with van der Waals surface area (Å²) < 4.78 is 17.6. The van der Waals surface area contributed by atoms with Crippen LogP contribution < -0.4 is 11.1 Å². The summed E-state index contributed by atoms with van der Waals surface area (Å²) in [6.07, 6.45) is 27.6. The fraction of sp³-hybridized carbons (Fsp3) is 0.944. The van der Waals surface area contributed by atoms with E-state index in [2.05, 4.69) is 19.2 Å². The number of hydrogen-bond acceptors (Lipinski definition) is 6. The van der Waals surface area contributed by atoms with Crippen molar-refractivity contribution in [3.8, 4) is 0 Å². The Bertz CT molecular complexity index is 641. The second kappa shape index (κ2) is 29.5. The summed E-state index contributed by atoms with van der Waals surface area (Å²) in [6.45, 7) is 6.22. The van der Waals surface area contributed by atoms with E-state index in [4.69, 9.17) is 19.9 Å². The Balaban J connectivity index is 2.47. The van der Waals surface area contributed by atoms with Gasteiger partial charge in [-0.3, -0.25) is 9.59 Å². The minimum absolute atomic E-state index is 0.0769. The maximum absolute atomic E-state index is 13.1. The highest BCUT2D eigenvalue weighted by Gasteiger charge is 2.22. The lowest BCUT2D eigenvalue weighted by Crippen LogP contribution is -2.41. The quantitative estimate of drug-likeness (QED) is 0.0622. The van der Waals surface area contributed by atoms with Crippen LogP contribution in [0.5, 0.6) is 0 Å². The number of nitrogens with two attached hydrogens (primary N) is 1. The second-order valence-electron chi connectivity index (χ2n) is 12.8. The molecule has 1 saturated heterocycles. The van der Waals surface area contributed by atoms with Crippen molar-refractivity contribution in [2.45, 2.75) is 199 Å². The molecule has 3 atom stereocenters. The fourth-order valence-corrected chi connectivity index (χ4v) is 5.83. The van der Waals surface area contributed by atoms with Gasteiger partial charge < -0.3 is 25.3 Å². The molecule has 0 aromatic rings. The lowest BCUT2D eigenvalue weighted by atomic mass is 10.0. The van der Waals surface area contributed by atoms with Gasteiger partial charge in [-0.15, -0.1) is 0 Å². The first-order chi connectivity index (χ1) is 21.1. The summed E-state index contributed by atoms with van der Waals surface area (Å²) in [6, 6.07) is -0.118. The standard InChI is InChI=1S/C36H70N2O5/c1-3-5-7-9-11-13-15-17-19-25-33(43-35(40)26-20-18-16-14-12-10-8-6-4-2)30-34(39)38-32(24-23-28-37)31-42-36-27-21-22-29-41-36/h32-33,36H,3-31,37H2,1-2H3,(H,38,39)/t32-,33-,36?/m1/s1. The van der Waals surface area contributed by atoms with Crippen molar-refractivity contribution in [1.29, 1.82) is 0 Å². The van der Waals surface area contributed by atoms with Crippen LogP contribution in [0.1, 0.15) is 181 Å². The van der Waals surface area contributed by atoms with Gasteiger partial charge in [-0.1, -0.05) is 117 Å². The van der Waals surface area contributed by atoms with Gasteiger partial charge in [-0.25, -0.2) is 0 Å². The number of ether oxygens (including phenoxy) is 3.